The predicted octanol–water partition coefficient (Wildman–Crippen LogP) is 2.51. The molecule has 20 heavy (non-hydrogen) atoms. The van der Waals surface area contributed by atoms with Gasteiger partial charge in [-0.2, -0.15) is 0 Å². The summed E-state index contributed by atoms with van der Waals surface area (Å²) in [6, 6.07) is 7.87. The summed E-state index contributed by atoms with van der Waals surface area (Å²) in [7, 11) is 0. The van der Waals surface area contributed by atoms with E-state index in [0.29, 0.717) is 5.96 Å². The molecule has 1 aliphatic heterocycles. The minimum atomic E-state index is -0.334. The van der Waals surface area contributed by atoms with Crippen LogP contribution in [-0.2, 0) is 10.2 Å². The quantitative estimate of drug-likeness (QED) is 0.889. The van der Waals surface area contributed by atoms with Gasteiger partial charge in [-0.3, -0.25) is 15.1 Å². The topological polar surface area (TPSA) is 53.5 Å². The highest BCUT2D eigenvalue weighted by Crippen LogP contribution is 2.24. The number of aliphatic imine (C=N–C) groups is 1. The van der Waals surface area contributed by atoms with E-state index in [1.54, 1.807) is 0 Å². The maximum Gasteiger partial charge on any atom is 0.253 e. The van der Waals surface area contributed by atoms with Gasteiger partial charge in [0.25, 0.3) is 5.91 Å². The fourth-order valence-electron chi connectivity index (χ4n) is 2.15. The van der Waals surface area contributed by atoms with E-state index in [1.807, 2.05) is 12.1 Å². The second-order valence-corrected chi connectivity index (χ2v) is 6.17. The molecule has 1 saturated heterocycles. The van der Waals surface area contributed by atoms with Crippen molar-refractivity contribution in [2.75, 3.05) is 6.54 Å². The number of nitrogens with one attached hydrogen (secondary N) is 2. The molecule has 0 radical (unpaired) electrons. The highest BCUT2D eigenvalue weighted by molar-refractivity contribution is 6.06. The second-order valence-electron chi connectivity index (χ2n) is 6.17. The summed E-state index contributed by atoms with van der Waals surface area (Å²) >= 11 is 0. The zero-order chi connectivity index (χ0) is 14.8. The first-order valence-electron chi connectivity index (χ1n) is 7.14. The van der Waals surface area contributed by atoms with Crippen molar-refractivity contribution in [3.63, 3.8) is 0 Å². The maximum atomic E-state index is 12.0. The van der Waals surface area contributed by atoms with Gasteiger partial charge in [0.05, 0.1) is 0 Å². The van der Waals surface area contributed by atoms with E-state index in [0.717, 1.165) is 18.5 Å². The average Bonchev–Trinajstić information content (AvgIpc) is 2.77. The lowest BCUT2D eigenvalue weighted by molar-refractivity contribution is -0.120. The van der Waals surface area contributed by atoms with Crippen molar-refractivity contribution in [3.8, 4) is 0 Å². The van der Waals surface area contributed by atoms with Crippen LogP contribution >= 0.6 is 0 Å². The number of carbonyl (C=O) groups excluding carboxylic acids is 1. The minimum absolute atomic E-state index is 0.0386. The first-order chi connectivity index (χ1) is 9.41. The zero-order valence-corrected chi connectivity index (χ0v) is 12.7. The van der Waals surface area contributed by atoms with Crippen LogP contribution in [0.4, 0.5) is 0 Å². The largest absolute Gasteiger partial charge is 0.340 e. The maximum absolute atomic E-state index is 12.0. The lowest BCUT2D eigenvalue weighted by Gasteiger charge is -2.19. The molecule has 1 heterocycles. The highest BCUT2D eigenvalue weighted by atomic mass is 16.2. The number of hydrogen-bond acceptors (Lipinski definition) is 2. The Labute approximate surface area is 120 Å². The molecule has 4 heteroatoms. The van der Waals surface area contributed by atoms with Crippen LogP contribution in [0.3, 0.4) is 0 Å². The molecule has 108 valence electrons. The van der Waals surface area contributed by atoms with Gasteiger partial charge in [-0.15, -0.1) is 0 Å². The summed E-state index contributed by atoms with van der Waals surface area (Å²) in [5.41, 5.74) is 2.36. The summed E-state index contributed by atoms with van der Waals surface area (Å²) in [5, 5.41) is 5.92. The lowest BCUT2D eigenvalue weighted by atomic mass is 9.86. The number of nitrogens with zero attached hydrogens (tertiary/aromatic N) is 1. The zero-order valence-electron chi connectivity index (χ0n) is 12.7. The number of guanidine groups is 1. The standard InChI is InChI=1S/C16H23N3O/c1-5-10-17-15-18-13(14(20)19-15)11-6-8-12(9-7-11)16(2,3)4/h6-9,13H,5,10H2,1-4H3,(H2,17,18,19,20). The Hall–Kier alpha value is -1.84. The molecular weight excluding hydrogens is 250 g/mol. The van der Waals surface area contributed by atoms with Gasteiger partial charge in [0.15, 0.2) is 5.96 Å². The van der Waals surface area contributed by atoms with E-state index in [9.17, 15) is 4.79 Å². The van der Waals surface area contributed by atoms with Gasteiger partial charge in [0.1, 0.15) is 6.04 Å². The van der Waals surface area contributed by atoms with Crippen molar-refractivity contribution in [2.45, 2.75) is 45.6 Å². The molecule has 1 aromatic carbocycles. The molecule has 2 N–H and O–H groups in total. The molecule has 1 fully saturated rings. The Morgan fingerprint density at radius 3 is 2.40 bits per heavy atom. The first-order valence-corrected chi connectivity index (χ1v) is 7.14. The molecule has 4 nitrogen and oxygen atoms in total. The van der Waals surface area contributed by atoms with Crippen molar-refractivity contribution >= 4 is 11.9 Å². The fraction of sp³-hybridized carbons (Fsp3) is 0.500. The molecule has 1 aliphatic rings. The molecule has 1 unspecified atom stereocenters. The van der Waals surface area contributed by atoms with E-state index in [4.69, 9.17) is 0 Å². The SMILES string of the molecule is CCCN=C1NC(=O)C(c2ccc(C(C)(C)C)cc2)N1. The van der Waals surface area contributed by atoms with Gasteiger partial charge in [0.2, 0.25) is 0 Å². The van der Waals surface area contributed by atoms with Gasteiger partial charge in [-0.1, -0.05) is 52.0 Å². The van der Waals surface area contributed by atoms with Gasteiger partial charge in [0, 0.05) is 6.54 Å². The molecule has 1 aromatic rings. The van der Waals surface area contributed by atoms with Crippen molar-refractivity contribution in [3.05, 3.63) is 35.4 Å². The number of carbonyl (C=O) groups is 1. The van der Waals surface area contributed by atoms with E-state index in [1.165, 1.54) is 5.56 Å². The Kier molecular flexibility index (Phi) is 4.12. The van der Waals surface area contributed by atoms with Crippen molar-refractivity contribution in [2.24, 2.45) is 4.99 Å². The van der Waals surface area contributed by atoms with Gasteiger partial charge >= 0.3 is 0 Å². The summed E-state index contributed by atoms with van der Waals surface area (Å²) in [6.45, 7) is 9.32. The van der Waals surface area contributed by atoms with Crippen LogP contribution in [0, 0.1) is 0 Å². The molecule has 0 aromatic heterocycles. The Bertz CT molecular complexity index is 512. The van der Waals surface area contributed by atoms with Crippen molar-refractivity contribution in [1.29, 1.82) is 0 Å². The van der Waals surface area contributed by atoms with Crippen LogP contribution < -0.4 is 10.6 Å². The molecule has 0 bridgehead atoms. The lowest BCUT2D eigenvalue weighted by Crippen LogP contribution is -2.25. The molecule has 0 spiro atoms. The minimum Gasteiger partial charge on any atom is -0.340 e. The molecule has 2 rings (SSSR count). The Morgan fingerprint density at radius 2 is 1.85 bits per heavy atom. The van der Waals surface area contributed by atoms with E-state index in [-0.39, 0.29) is 17.4 Å². The number of rotatable bonds is 3. The predicted molar refractivity (Wildman–Crippen MR) is 81.8 cm³/mol. The summed E-state index contributed by atoms with van der Waals surface area (Å²) in [4.78, 5) is 16.3. The van der Waals surface area contributed by atoms with E-state index < -0.39 is 0 Å². The van der Waals surface area contributed by atoms with Crippen LogP contribution in [0.2, 0.25) is 0 Å². The number of hydrogen-bond donors (Lipinski definition) is 2. The summed E-state index contributed by atoms with van der Waals surface area (Å²) in [6.07, 6.45) is 0.964. The normalized spacial score (nSPS) is 20.9. The third kappa shape index (κ3) is 3.18. The second kappa shape index (κ2) is 5.65. The van der Waals surface area contributed by atoms with Gasteiger partial charge in [-0.25, -0.2) is 0 Å². The third-order valence-corrected chi connectivity index (χ3v) is 3.39. The summed E-state index contributed by atoms with van der Waals surface area (Å²) in [5.74, 6) is 0.546. The molecule has 0 aliphatic carbocycles. The van der Waals surface area contributed by atoms with Crippen molar-refractivity contribution in [1.82, 2.24) is 10.6 Å². The highest BCUT2D eigenvalue weighted by Gasteiger charge is 2.29. The van der Waals surface area contributed by atoms with Crippen LogP contribution in [0.5, 0.6) is 0 Å². The van der Waals surface area contributed by atoms with Gasteiger partial charge in [-0.05, 0) is 23.0 Å². The monoisotopic (exact) mass is 273 g/mol. The van der Waals surface area contributed by atoms with Gasteiger partial charge < -0.3 is 5.32 Å². The summed E-state index contributed by atoms with van der Waals surface area (Å²) < 4.78 is 0. The fourth-order valence-corrected chi connectivity index (χ4v) is 2.15. The van der Waals surface area contributed by atoms with Crippen LogP contribution in [0.15, 0.2) is 29.3 Å². The molecule has 0 saturated carbocycles. The number of benzene rings is 1. The Morgan fingerprint density at radius 1 is 1.20 bits per heavy atom. The van der Waals surface area contributed by atoms with Crippen molar-refractivity contribution < 1.29 is 4.79 Å². The van der Waals surface area contributed by atoms with E-state index in [2.05, 4.69) is 55.5 Å². The molecule has 1 amide bonds. The Balaban J connectivity index is 2.14. The third-order valence-electron chi connectivity index (χ3n) is 3.39. The first kappa shape index (κ1) is 14.6. The molecular formula is C16H23N3O. The van der Waals surface area contributed by atoms with Crippen LogP contribution in [0.25, 0.3) is 0 Å². The van der Waals surface area contributed by atoms with Crippen LogP contribution in [-0.4, -0.2) is 18.4 Å². The smallest absolute Gasteiger partial charge is 0.253 e. The van der Waals surface area contributed by atoms with E-state index >= 15 is 0 Å². The molecule has 1 atom stereocenters. The number of amides is 1. The average molecular weight is 273 g/mol. The van der Waals surface area contributed by atoms with Crippen LogP contribution in [0.1, 0.15) is 51.3 Å².